The second-order valence-corrected chi connectivity index (χ2v) is 6.58. The fraction of sp³-hybridized carbons (Fsp3) is 0.0870. The molecule has 1 aromatic heterocycles. The summed E-state index contributed by atoms with van der Waals surface area (Å²) >= 11 is 6.02. The molecule has 4 aromatic rings. The number of halogens is 1. The van der Waals surface area contributed by atoms with E-state index in [0.29, 0.717) is 28.0 Å². The highest BCUT2D eigenvalue weighted by Crippen LogP contribution is 2.31. The first-order valence-corrected chi connectivity index (χ1v) is 9.11. The van der Waals surface area contributed by atoms with E-state index in [4.69, 9.17) is 30.5 Å². The SMILES string of the molecule is COc1ccc(N=c2cc(-c3ccc(Cl)cc3)oc3ccccc23)c(OC)c1. The molecule has 1 heterocycles. The van der Waals surface area contributed by atoms with Gasteiger partial charge in [-0.05, 0) is 48.5 Å². The molecule has 0 saturated carbocycles. The van der Waals surface area contributed by atoms with E-state index in [1.807, 2.05) is 72.8 Å². The van der Waals surface area contributed by atoms with E-state index in [1.165, 1.54) is 0 Å². The minimum Gasteiger partial charge on any atom is -0.497 e. The summed E-state index contributed by atoms with van der Waals surface area (Å²) in [5, 5.41) is 2.38. The van der Waals surface area contributed by atoms with E-state index in [9.17, 15) is 0 Å². The van der Waals surface area contributed by atoms with E-state index in [0.717, 1.165) is 21.9 Å². The molecule has 3 aromatic carbocycles. The van der Waals surface area contributed by atoms with Crippen molar-refractivity contribution in [2.45, 2.75) is 0 Å². The Morgan fingerprint density at radius 3 is 2.39 bits per heavy atom. The molecule has 0 aliphatic carbocycles. The van der Waals surface area contributed by atoms with Gasteiger partial charge in [0.15, 0.2) is 0 Å². The van der Waals surface area contributed by atoms with E-state index in [-0.39, 0.29) is 0 Å². The van der Waals surface area contributed by atoms with Crippen LogP contribution in [0.1, 0.15) is 0 Å². The molecule has 0 fully saturated rings. The van der Waals surface area contributed by atoms with Gasteiger partial charge in [0.25, 0.3) is 0 Å². The normalized spacial score (nSPS) is 11.6. The van der Waals surface area contributed by atoms with Gasteiger partial charge in [-0.15, -0.1) is 0 Å². The van der Waals surface area contributed by atoms with Gasteiger partial charge in [0.05, 0.1) is 19.6 Å². The molecule has 0 aliphatic heterocycles. The van der Waals surface area contributed by atoms with Crippen molar-refractivity contribution in [3.8, 4) is 22.8 Å². The summed E-state index contributed by atoms with van der Waals surface area (Å²) in [4.78, 5) is 4.85. The van der Waals surface area contributed by atoms with Crippen molar-refractivity contribution in [2.75, 3.05) is 14.2 Å². The van der Waals surface area contributed by atoms with Crippen LogP contribution in [-0.4, -0.2) is 14.2 Å². The highest BCUT2D eigenvalue weighted by molar-refractivity contribution is 6.30. The first-order chi connectivity index (χ1) is 13.7. The zero-order valence-corrected chi connectivity index (χ0v) is 16.2. The minimum absolute atomic E-state index is 0.636. The molecule has 0 bridgehead atoms. The fourth-order valence-corrected chi connectivity index (χ4v) is 3.10. The molecule has 4 rings (SSSR count). The third-order valence-electron chi connectivity index (χ3n) is 4.41. The van der Waals surface area contributed by atoms with Gasteiger partial charge in [-0.1, -0.05) is 23.7 Å². The smallest absolute Gasteiger partial charge is 0.148 e. The molecule has 0 radical (unpaired) electrons. The summed E-state index contributed by atoms with van der Waals surface area (Å²) in [5.41, 5.74) is 2.39. The highest BCUT2D eigenvalue weighted by Gasteiger charge is 2.08. The number of hydrogen-bond donors (Lipinski definition) is 0. The Balaban J connectivity index is 1.95. The second kappa shape index (κ2) is 7.79. The van der Waals surface area contributed by atoms with Crippen LogP contribution in [0.2, 0.25) is 5.02 Å². The lowest BCUT2D eigenvalue weighted by Crippen LogP contribution is -2.03. The van der Waals surface area contributed by atoms with Crippen molar-refractivity contribution in [1.29, 1.82) is 0 Å². The molecule has 28 heavy (non-hydrogen) atoms. The van der Waals surface area contributed by atoms with Crippen LogP contribution in [0.15, 0.2) is 82.2 Å². The third kappa shape index (κ3) is 3.59. The number of fused-ring (bicyclic) bond motifs is 1. The number of para-hydroxylation sites is 1. The van der Waals surface area contributed by atoms with Crippen LogP contribution in [0.4, 0.5) is 5.69 Å². The lowest BCUT2D eigenvalue weighted by Gasteiger charge is -2.08. The fourth-order valence-electron chi connectivity index (χ4n) is 2.97. The summed E-state index contributed by atoms with van der Waals surface area (Å²) in [6.07, 6.45) is 0. The van der Waals surface area contributed by atoms with Crippen molar-refractivity contribution in [3.63, 3.8) is 0 Å². The molecule has 0 spiro atoms. The predicted octanol–water partition coefficient (Wildman–Crippen LogP) is 6.00. The van der Waals surface area contributed by atoms with Crippen LogP contribution in [0, 0.1) is 0 Å². The van der Waals surface area contributed by atoms with Crippen molar-refractivity contribution < 1.29 is 13.9 Å². The lowest BCUT2D eigenvalue weighted by molar-refractivity contribution is 0.395. The van der Waals surface area contributed by atoms with Crippen LogP contribution < -0.4 is 14.8 Å². The topological polar surface area (TPSA) is 44.0 Å². The number of ether oxygens (including phenoxy) is 2. The Labute approximate surface area is 167 Å². The maximum absolute atomic E-state index is 6.10. The zero-order valence-electron chi connectivity index (χ0n) is 15.5. The third-order valence-corrected chi connectivity index (χ3v) is 4.66. The van der Waals surface area contributed by atoms with Crippen molar-refractivity contribution in [1.82, 2.24) is 0 Å². The molecule has 4 nitrogen and oxygen atoms in total. The number of methoxy groups -OCH3 is 2. The summed E-state index contributed by atoms with van der Waals surface area (Å²) in [6, 6.07) is 22.8. The van der Waals surface area contributed by atoms with Gasteiger partial charge in [-0.2, -0.15) is 0 Å². The van der Waals surface area contributed by atoms with Crippen molar-refractivity contribution >= 4 is 28.3 Å². The molecule has 0 saturated heterocycles. The van der Waals surface area contributed by atoms with E-state index >= 15 is 0 Å². The van der Waals surface area contributed by atoms with Crippen LogP contribution in [0.5, 0.6) is 11.5 Å². The largest absolute Gasteiger partial charge is 0.497 e. The average molecular weight is 392 g/mol. The Morgan fingerprint density at radius 2 is 1.64 bits per heavy atom. The predicted molar refractivity (Wildman–Crippen MR) is 111 cm³/mol. The first kappa shape index (κ1) is 18.1. The number of nitrogens with zero attached hydrogens (tertiary/aromatic N) is 1. The van der Waals surface area contributed by atoms with Crippen LogP contribution in [0.25, 0.3) is 22.3 Å². The Kier molecular flexibility index (Phi) is 5.04. The quantitative estimate of drug-likeness (QED) is 0.428. The zero-order chi connectivity index (χ0) is 19.5. The highest BCUT2D eigenvalue weighted by atomic mass is 35.5. The van der Waals surface area contributed by atoms with E-state index in [1.54, 1.807) is 14.2 Å². The van der Waals surface area contributed by atoms with Crippen LogP contribution in [-0.2, 0) is 0 Å². The summed E-state index contributed by atoms with van der Waals surface area (Å²) < 4.78 is 16.9. The molecule has 0 aliphatic rings. The Bertz CT molecular complexity index is 1200. The van der Waals surface area contributed by atoms with Crippen LogP contribution >= 0.6 is 11.6 Å². The molecule has 0 unspecified atom stereocenters. The minimum atomic E-state index is 0.636. The van der Waals surface area contributed by atoms with Crippen LogP contribution in [0.3, 0.4) is 0 Å². The van der Waals surface area contributed by atoms with Gasteiger partial charge >= 0.3 is 0 Å². The van der Waals surface area contributed by atoms with Crippen molar-refractivity contribution in [3.05, 3.63) is 83.2 Å². The summed E-state index contributed by atoms with van der Waals surface area (Å²) in [5.74, 6) is 2.06. The van der Waals surface area contributed by atoms with Gasteiger partial charge in [0, 0.05) is 28.1 Å². The second-order valence-electron chi connectivity index (χ2n) is 6.15. The molecule has 0 N–H and O–H groups in total. The number of hydrogen-bond acceptors (Lipinski definition) is 4. The molecule has 0 amide bonds. The Morgan fingerprint density at radius 1 is 0.857 bits per heavy atom. The molecule has 0 atom stereocenters. The number of benzene rings is 3. The van der Waals surface area contributed by atoms with Gasteiger partial charge < -0.3 is 13.9 Å². The average Bonchev–Trinajstić information content (AvgIpc) is 2.74. The van der Waals surface area contributed by atoms with Crippen molar-refractivity contribution in [2.24, 2.45) is 4.99 Å². The first-order valence-electron chi connectivity index (χ1n) is 8.73. The lowest BCUT2D eigenvalue weighted by atomic mass is 10.1. The van der Waals surface area contributed by atoms with Gasteiger partial charge in [0.2, 0.25) is 0 Å². The maximum atomic E-state index is 6.10. The molecular formula is C23H18ClNO3. The van der Waals surface area contributed by atoms with E-state index in [2.05, 4.69) is 0 Å². The Hall–Kier alpha value is -3.24. The van der Waals surface area contributed by atoms with E-state index < -0.39 is 0 Å². The monoisotopic (exact) mass is 391 g/mol. The molecule has 140 valence electrons. The van der Waals surface area contributed by atoms with Gasteiger partial charge in [0.1, 0.15) is 28.5 Å². The maximum Gasteiger partial charge on any atom is 0.148 e. The van der Waals surface area contributed by atoms with Gasteiger partial charge in [-0.25, -0.2) is 4.99 Å². The molecule has 5 heteroatoms. The summed E-state index contributed by atoms with van der Waals surface area (Å²) in [7, 11) is 3.24. The summed E-state index contributed by atoms with van der Waals surface area (Å²) in [6.45, 7) is 0. The number of rotatable bonds is 4. The van der Waals surface area contributed by atoms with Gasteiger partial charge in [-0.3, -0.25) is 0 Å². The standard InChI is InChI=1S/C23H18ClNO3/c1-26-17-11-12-19(23(13-17)27-2)25-20-14-22(15-7-9-16(24)10-8-15)28-21-6-4-3-5-18(20)21/h3-14H,1-2H3. The molecular weight excluding hydrogens is 374 g/mol.